The normalized spacial score (nSPS) is 18.8. The molecule has 0 aromatic heterocycles. The smallest absolute Gasteiger partial charge is 0.343 e. The van der Waals surface area contributed by atoms with Crippen LogP contribution in [0.3, 0.4) is 0 Å². The number of rotatable bonds is 6. The van der Waals surface area contributed by atoms with Crippen molar-refractivity contribution in [2.45, 2.75) is 23.8 Å². The number of nitrogens with one attached hydrogen (secondary N) is 1. The van der Waals surface area contributed by atoms with Crippen molar-refractivity contribution >= 4 is 28.9 Å². The monoisotopic (exact) mass is 553 g/mol. The highest BCUT2D eigenvalue weighted by Gasteiger charge is 2.58. The molecule has 38 heavy (non-hydrogen) atoms. The summed E-state index contributed by atoms with van der Waals surface area (Å²) in [5.74, 6) is -2.30. The molecule has 3 aromatic carbocycles. The summed E-state index contributed by atoms with van der Waals surface area (Å²) < 4.78 is 81.2. The summed E-state index contributed by atoms with van der Waals surface area (Å²) in [5.41, 5.74) is -5.55. The van der Waals surface area contributed by atoms with Crippen molar-refractivity contribution in [1.29, 1.82) is 0 Å². The van der Waals surface area contributed by atoms with Crippen LogP contribution in [-0.4, -0.2) is 22.5 Å². The number of hydrogen-bond acceptors (Lipinski definition) is 4. The molecule has 4 rings (SSSR count). The van der Waals surface area contributed by atoms with Crippen molar-refractivity contribution in [2.24, 2.45) is 0 Å². The second-order valence-electron chi connectivity index (χ2n) is 8.49. The number of thiocarbonyl (C=S) groups is 1. The Hall–Kier alpha value is -4.00. The topological polar surface area (TPSA) is 75.5 Å². The lowest BCUT2D eigenvalue weighted by atomic mass is 9.74. The number of carbonyl (C=O) groups is 1. The fraction of sp³-hybridized carbons (Fsp3) is 0.200. The first kappa shape index (κ1) is 27.0. The van der Waals surface area contributed by atoms with Gasteiger partial charge in [-0.3, -0.25) is 19.8 Å². The van der Waals surface area contributed by atoms with Crippen molar-refractivity contribution in [1.82, 2.24) is 5.32 Å². The Bertz CT molecular complexity index is 1350. The molecule has 1 heterocycles. The third-order valence-electron chi connectivity index (χ3n) is 6.16. The van der Waals surface area contributed by atoms with Gasteiger partial charge in [-0.15, -0.1) is 0 Å². The zero-order chi connectivity index (χ0) is 27.9. The van der Waals surface area contributed by atoms with Crippen molar-refractivity contribution in [3.63, 3.8) is 0 Å². The fourth-order valence-electron chi connectivity index (χ4n) is 4.51. The van der Waals surface area contributed by atoms with Crippen molar-refractivity contribution in [2.75, 3.05) is 11.4 Å². The summed E-state index contributed by atoms with van der Waals surface area (Å²) >= 11 is 5.27. The van der Waals surface area contributed by atoms with Crippen LogP contribution in [-0.2, 0) is 22.7 Å². The number of halogens is 6. The molecule has 0 spiro atoms. The van der Waals surface area contributed by atoms with Crippen LogP contribution in [0.1, 0.15) is 28.2 Å². The number of anilines is 1. The van der Waals surface area contributed by atoms with Gasteiger partial charge in [-0.05, 0) is 41.5 Å². The second kappa shape index (κ2) is 9.71. The molecule has 13 heteroatoms. The largest absolute Gasteiger partial charge is 0.416 e. The summed E-state index contributed by atoms with van der Waals surface area (Å²) in [5, 5.41) is 14.0. The Morgan fingerprint density at radius 3 is 1.87 bits per heavy atom. The van der Waals surface area contributed by atoms with Gasteiger partial charge in [-0.2, -0.15) is 26.3 Å². The highest BCUT2D eigenvalue weighted by Crippen LogP contribution is 2.45. The SMILES string of the molecule is O=C1N(c2cc(C(F)(F)F)cc(C(F)(F)F)c2)C(=S)N[C@@]1(c1ccccc1)[C@@H](C[N+](=O)[O-])c1ccccc1. The van der Waals surface area contributed by atoms with Gasteiger partial charge in [-0.1, -0.05) is 60.7 Å². The van der Waals surface area contributed by atoms with Crippen LogP contribution in [0.15, 0.2) is 78.9 Å². The molecule has 1 saturated heterocycles. The Balaban J connectivity index is 1.96. The number of nitro groups is 1. The van der Waals surface area contributed by atoms with Gasteiger partial charge < -0.3 is 5.32 Å². The zero-order valence-corrected chi connectivity index (χ0v) is 19.9. The molecule has 3 aromatic rings. The van der Waals surface area contributed by atoms with E-state index in [2.05, 4.69) is 5.32 Å². The van der Waals surface area contributed by atoms with E-state index in [0.29, 0.717) is 22.6 Å². The molecule has 0 aliphatic carbocycles. The third-order valence-corrected chi connectivity index (χ3v) is 6.45. The molecule has 1 amide bonds. The second-order valence-corrected chi connectivity index (χ2v) is 8.87. The Kier molecular flexibility index (Phi) is 6.91. The highest BCUT2D eigenvalue weighted by atomic mass is 32.1. The minimum atomic E-state index is -5.16. The first-order chi connectivity index (χ1) is 17.7. The minimum absolute atomic E-state index is 0.0650. The van der Waals surface area contributed by atoms with Gasteiger partial charge in [0, 0.05) is 4.92 Å². The van der Waals surface area contributed by atoms with Gasteiger partial charge in [0.25, 0.3) is 5.91 Å². The minimum Gasteiger partial charge on any atom is -0.343 e. The van der Waals surface area contributed by atoms with Crippen molar-refractivity contribution in [3.8, 4) is 0 Å². The molecule has 0 saturated carbocycles. The highest BCUT2D eigenvalue weighted by molar-refractivity contribution is 7.80. The van der Waals surface area contributed by atoms with E-state index in [9.17, 15) is 41.3 Å². The predicted molar refractivity (Wildman–Crippen MR) is 129 cm³/mol. The summed E-state index contributed by atoms with van der Waals surface area (Å²) in [6, 6.07) is 16.2. The van der Waals surface area contributed by atoms with E-state index >= 15 is 0 Å². The van der Waals surface area contributed by atoms with E-state index in [1.165, 1.54) is 36.4 Å². The molecule has 1 fully saturated rings. The van der Waals surface area contributed by atoms with Crippen molar-refractivity contribution in [3.05, 3.63) is 111 Å². The molecule has 198 valence electrons. The predicted octanol–water partition coefficient (Wildman–Crippen LogP) is 5.90. The number of nitrogens with zero attached hydrogens (tertiary/aromatic N) is 2. The fourth-order valence-corrected chi connectivity index (χ4v) is 4.86. The lowest BCUT2D eigenvalue weighted by molar-refractivity contribution is -0.485. The van der Waals surface area contributed by atoms with Crippen LogP contribution >= 0.6 is 12.2 Å². The number of benzene rings is 3. The first-order valence-electron chi connectivity index (χ1n) is 10.9. The quantitative estimate of drug-likeness (QED) is 0.178. The van der Waals surface area contributed by atoms with Crippen LogP contribution in [0, 0.1) is 10.1 Å². The number of hydrogen-bond donors (Lipinski definition) is 1. The number of amides is 1. The van der Waals surface area contributed by atoms with Crippen LogP contribution < -0.4 is 10.2 Å². The average Bonchev–Trinajstić information content (AvgIpc) is 3.12. The van der Waals surface area contributed by atoms with E-state index in [4.69, 9.17) is 12.2 Å². The summed E-state index contributed by atoms with van der Waals surface area (Å²) in [7, 11) is 0. The number of alkyl halides is 6. The molecule has 1 aliphatic rings. The van der Waals surface area contributed by atoms with Crippen LogP contribution in [0.5, 0.6) is 0 Å². The van der Waals surface area contributed by atoms with Gasteiger partial charge in [0.2, 0.25) is 6.54 Å². The lowest BCUT2D eigenvalue weighted by Gasteiger charge is -2.34. The van der Waals surface area contributed by atoms with E-state index in [1.807, 2.05) is 0 Å². The molecule has 1 N–H and O–H groups in total. The van der Waals surface area contributed by atoms with E-state index < -0.39 is 63.1 Å². The number of carbonyl (C=O) groups excluding carboxylic acids is 1. The standard InChI is InChI=1S/C25H17F6N3O3S/c26-24(27,28)17-11-18(25(29,30)31)13-19(12-17)34-21(35)23(32-22(34)38,16-9-5-2-6-10-16)20(14-33(36)37)15-7-3-1-4-8-15/h1-13,20H,14H2,(H,32,38)/t20-,23-/m0/s1. The summed E-state index contributed by atoms with van der Waals surface area (Å²) in [6.45, 7) is -0.801. The Labute approximate surface area is 217 Å². The van der Waals surface area contributed by atoms with Crippen LogP contribution in [0.25, 0.3) is 0 Å². The molecule has 0 bridgehead atoms. The van der Waals surface area contributed by atoms with Gasteiger partial charge in [-0.25, -0.2) is 0 Å². The lowest BCUT2D eigenvalue weighted by Crippen LogP contribution is -2.51. The maximum atomic E-state index is 14.1. The van der Waals surface area contributed by atoms with Crippen LogP contribution in [0.2, 0.25) is 0 Å². The molecule has 0 radical (unpaired) electrons. The molecule has 2 atom stereocenters. The van der Waals surface area contributed by atoms with E-state index in [1.54, 1.807) is 24.3 Å². The average molecular weight is 553 g/mol. The first-order valence-corrected chi connectivity index (χ1v) is 11.3. The maximum Gasteiger partial charge on any atom is 0.416 e. The van der Waals surface area contributed by atoms with E-state index in [0.717, 1.165) is 0 Å². The van der Waals surface area contributed by atoms with Gasteiger partial charge >= 0.3 is 12.4 Å². The van der Waals surface area contributed by atoms with Gasteiger partial charge in [0.05, 0.1) is 22.7 Å². The van der Waals surface area contributed by atoms with E-state index in [-0.39, 0.29) is 11.6 Å². The van der Waals surface area contributed by atoms with Gasteiger partial charge in [0.1, 0.15) is 0 Å². The Morgan fingerprint density at radius 1 is 0.895 bits per heavy atom. The molecular weight excluding hydrogens is 536 g/mol. The Morgan fingerprint density at radius 2 is 1.39 bits per heavy atom. The summed E-state index contributed by atoms with van der Waals surface area (Å²) in [6.07, 6.45) is -10.3. The van der Waals surface area contributed by atoms with Crippen LogP contribution in [0.4, 0.5) is 32.0 Å². The third kappa shape index (κ3) is 4.93. The summed E-state index contributed by atoms with van der Waals surface area (Å²) in [4.78, 5) is 25.8. The molecular formula is C25H17F6N3O3S. The van der Waals surface area contributed by atoms with Crippen molar-refractivity contribution < 1.29 is 36.1 Å². The molecule has 0 unspecified atom stereocenters. The molecule has 6 nitrogen and oxygen atoms in total. The molecule has 1 aliphatic heterocycles. The zero-order valence-electron chi connectivity index (χ0n) is 19.1. The van der Waals surface area contributed by atoms with Gasteiger partial charge in [0.15, 0.2) is 10.7 Å². The maximum absolute atomic E-state index is 14.1.